The number of halogens is 1. The molecule has 0 aliphatic carbocycles. The van der Waals surface area contributed by atoms with Crippen molar-refractivity contribution in [2.75, 3.05) is 13.1 Å². The summed E-state index contributed by atoms with van der Waals surface area (Å²) in [6, 6.07) is 13.8. The molecule has 2 aromatic carbocycles. The molecule has 1 amide bonds. The summed E-state index contributed by atoms with van der Waals surface area (Å²) in [5.41, 5.74) is 2.59. The predicted octanol–water partition coefficient (Wildman–Crippen LogP) is 3.36. The third-order valence-electron chi connectivity index (χ3n) is 4.53. The van der Waals surface area contributed by atoms with Crippen molar-refractivity contribution >= 4 is 5.91 Å². The molecular formula is C21H25FN2O2. The second kappa shape index (κ2) is 8.43. The maximum atomic E-state index is 13.3. The van der Waals surface area contributed by atoms with E-state index in [4.69, 9.17) is 4.74 Å². The third-order valence-corrected chi connectivity index (χ3v) is 4.53. The Hall–Kier alpha value is -2.24. The van der Waals surface area contributed by atoms with Crippen LogP contribution in [-0.4, -0.2) is 36.1 Å². The molecule has 1 N–H and O–H groups in total. The maximum Gasteiger partial charge on any atom is 0.251 e. The van der Waals surface area contributed by atoms with Crippen molar-refractivity contribution in [3.63, 3.8) is 0 Å². The lowest BCUT2D eigenvalue weighted by Crippen LogP contribution is -2.45. The zero-order valence-corrected chi connectivity index (χ0v) is 15.2. The van der Waals surface area contributed by atoms with Crippen LogP contribution in [-0.2, 0) is 17.8 Å². The first-order valence-corrected chi connectivity index (χ1v) is 8.99. The molecule has 3 rings (SSSR count). The molecule has 2 unspecified atom stereocenters. The number of carbonyl (C=O) groups is 1. The molecule has 2 atom stereocenters. The molecule has 26 heavy (non-hydrogen) atoms. The Morgan fingerprint density at radius 1 is 1.12 bits per heavy atom. The number of benzene rings is 2. The number of amides is 1. The summed E-state index contributed by atoms with van der Waals surface area (Å²) in [5, 5.41) is 2.89. The van der Waals surface area contributed by atoms with Crippen molar-refractivity contribution in [3.05, 3.63) is 71.0 Å². The molecule has 4 nitrogen and oxygen atoms in total. The van der Waals surface area contributed by atoms with Crippen molar-refractivity contribution in [3.8, 4) is 0 Å². The lowest BCUT2D eigenvalue weighted by atomic mass is 10.1. The predicted molar refractivity (Wildman–Crippen MR) is 99.3 cm³/mol. The maximum absolute atomic E-state index is 13.3. The minimum Gasteiger partial charge on any atom is -0.373 e. The number of hydrogen-bond acceptors (Lipinski definition) is 3. The van der Waals surface area contributed by atoms with E-state index in [9.17, 15) is 9.18 Å². The Bertz CT molecular complexity index is 755. The van der Waals surface area contributed by atoms with E-state index in [1.807, 2.05) is 18.2 Å². The van der Waals surface area contributed by atoms with Gasteiger partial charge in [0, 0.05) is 31.7 Å². The van der Waals surface area contributed by atoms with Crippen LogP contribution in [0.1, 0.15) is 35.3 Å². The molecular weight excluding hydrogens is 331 g/mol. The zero-order chi connectivity index (χ0) is 18.5. The smallest absolute Gasteiger partial charge is 0.251 e. The van der Waals surface area contributed by atoms with E-state index >= 15 is 0 Å². The van der Waals surface area contributed by atoms with Gasteiger partial charge in [0.05, 0.1) is 12.2 Å². The fourth-order valence-electron chi connectivity index (χ4n) is 3.45. The first kappa shape index (κ1) is 18.5. The number of ether oxygens (including phenoxy) is 1. The van der Waals surface area contributed by atoms with E-state index in [-0.39, 0.29) is 18.1 Å². The van der Waals surface area contributed by atoms with Gasteiger partial charge in [0.25, 0.3) is 5.91 Å². The molecule has 0 aromatic heterocycles. The molecule has 138 valence electrons. The van der Waals surface area contributed by atoms with Crippen molar-refractivity contribution in [2.24, 2.45) is 0 Å². The minimum absolute atomic E-state index is 0.221. The number of rotatable bonds is 5. The van der Waals surface area contributed by atoms with E-state index in [0.717, 1.165) is 25.2 Å². The Balaban J connectivity index is 1.64. The average molecular weight is 356 g/mol. The number of hydrogen-bond donors (Lipinski definition) is 1. The summed E-state index contributed by atoms with van der Waals surface area (Å²) >= 11 is 0. The summed E-state index contributed by atoms with van der Waals surface area (Å²) < 4.78 is 19.1. The van der Waals surface area contributed by atoms with Crippen molar-refractivity contribution in [1.82, 2.24) is 10.2 Å². The Kier molecular flexibility index (Phi) is 6.01. The van der Waals surface area contributed by atoms with Crippen molar-refractivity contribution in [1.29, 1.82) is 0 Å². The van der Waals surface area contributed by atoms with Crippen LogP contribution in [0.4, 0.5) is 4.39 Å². The van der Waals surface area contributed by atoms with E-state index < -0.39 is 5.82 Å². The fraction of sp³-hybridized carbons (Fsp3) is 0.381. The molecule has 2 aromatic rings. The van der Waals surface area contributed by atoms with Gasteiger partial charge in [-0.05, 0) is 43.2 Å². The van der Waals surface area contributed by atoms with Crippen LogP contribution >= 0.6 is 0 Å². The van der Waals surface area contributed by atoms with Gasteiger partial charge >= 0.3 is 0 Å². The lowest BCUT2D eigenvalue weighted by molar-refractivity contribution is -0.0705. The fourth-order valence-corrected chi connectivity index (χ4v) is 3.45. The molecule has 1 aliphatic rings. The van der Waals surface area contributed by atoms with Gasteiger partial charge in [0.1, 0.15) is 5.82 Å². The van der Waals surface area contributed by atoms with E-state index in [0.29, 0.717) is 12.1 Å². The van der Waals surface area contributed by atoms with Gasteiger partial charge < -0.3 is 10.1 Å². The highest BCUT2D eigenvalue weighted by molar-refractivity contribution is 5.94. The second-order valence-electron chi connectivity index (χ2n) is 6.91. The van der Waals surface area contributed by atoms with Crippen LogP contribution in [0.2, 0.25) is 0 Å². The van der Waals surface area contributed by atoms with Gasteiger partial charge in [-0.1, -0.05) is 30.3 Å². The lowest BCUT2D eigenvalue weighted by Gasteiger charge is -2.35. The number of nitrogens with one attached hydrogen (secondary N) is 1. The summed E-state index contributed by atoms with van der Waals surface area (Å²) in [6.45, 7) is 7.22. The molecule has 1 heterocycles. The Labute approximate surface area is 154 Å². The second-order valence-corrected chi connectivity index (χ2v) is 6.91. The van der Waals surface area contributed by atoms with Crippen molar-refractivity contribution < 1.29 is 13.9 Å². The monoisotopic (exact) mass is 356 g/mol. The molecule has 0 radical (unpaired) electrons. The van der Waals surface area contributed by atoms with Gasteiger partial charge in [-0.15, -0.1) is 0 Å². The normalized spacial score (nSPS) is 20.7. The van der Waals surface area contributed by atoms with Gasteiger partial charge in [0.2, 0.25) is 0 Å². The zero-order valence-electron chi connectivity index (χ0n) is 15.2. The van der Waals surface area contributed by atoms with E-state index in [1.165, 1.54) is 17.7 Å². The Morgan fingerprint density at radius 2 is 1.81 bits per heavy atom. The van der Waals surface area contributed by atoms with Gasteiger partial charge in [-0.25, -0.2) is 4.39 Å². The highest BCUT2D eigenvalue weighted by Crippen LogP contribution is 2.17. The standard InChI is InChI=1S/C21H25FN2O2/c1-15-12-24(13-16(2)26-15)14-19-7-4-3-6-18(19)11-23-21(25)17-8-5-9-20(22)10-17/h3-10,15-16H,11-14H2,1-2H3,(H,23,25). The number of carbonyl (C=O) groups excluding carboxylic acids is 1. The first-order chi connectivity index (χ1) is 12.5. The number of morpholine rings is 1. The van der Waals surface area contributed by atoms with Gasteiger partial charge in [-0.2, -0.15) is 0 Å². The van der Waals surface area contributed by atoms with E-state index in [1.54, 1.807) is 12.1 Å². The first-order valence-electron chi connectivity index (χ1n) is 8.99. The molecule has 1 aliphatic heterocycles. The molecule has 0 spiro atoms. The molecule has 5 heteroatoms. The number of nitrogens with zero attached hydrogens (tertiary/aromatic N) is 1. The Morgan fingerprint density at radius 3 is 2.50 bits per heavy atom. The molecule has 1 saturated heterocycles. The molecule has 0 bridgehead atoms. The van der Waals surface area contributed by atoms with Crippen LogP contribution in [0.25, 0.3) is 0 Å². The van der Waals surface area contributed by atoms with Crippen LogP contribution in [0.5, 0.6) is 0 Å². The van der Waals surface area contributed by atoms with Gasteiger partial charge in [-0.3, -0.25) is 9.69 Å². The summed E-state index contributed by atoms with van der Waals surface area (Å²) in [5.74, 6) is -0.679. The summed E-state index contributed by atoms with van der Waals surface area (Å²) in [4.78, 5) is 14.6. The largest absolute Gasteiger partial charge is 0.373 e. The minimum atomic E-state index is -0.409. The molecule has 0 saturated carbocycles. The van der Waals surface area contributed by atoms with Crippen molar-refractivity contribution in [2.45, 2.75) is 39.1 Å². The quantitative estimate of drug-likeness (QED) is 0.893. The van der Waals surface area contributed by atoms with Crippen LogP contribution in [0.3, 0.4) is 0 Å². The summed E-state index contributed by atoms with van der Waals surface area (Å²) in [7, 11) is 0. The average Bonchev–Trinajstić information content (AvgIpc) is 2.60. The third kappa shape index (κ3) is 4.90. The van der Waals surface area contributed by atoms with Crippen LogP contribution in [0.15, 0.2) is 48.5 Å². The van der Waals surface area contributed by atoms with Crippen LogP contribution < -0.4 is 5.32 Å². The van der Waals surface area contributed by atoms with Gasteiger partial charge in [0.15, 0.2) is 0 Å². The molecule has 1 fully saturated rings. The topological polar surface area (TPSA) is 41.6 Å². The highest BCUT2D eigenvalue weighted by Gasteiger charge is 2.22. The van der Waals surface area contributed by atoms with Crippen LogP contribution in [0, 0.1) is 5.82 Å². The SMILES string of the molecule is CC1CN(Cc2ccccc2CNC(=O)c2cccc(F)c2)CC(C)O1. The highest BCUT2D eigenvalue weighted by atomic mass is 19.1. The summed E-state index contributed by atoms with van der Waals surface area (Å²) in [6.07, 6.45) is 0.442. The van der Waals surface area contributed by atoms with E-state index in [2.05, 4.69) is 30.1 Å².